The van der Waals surface area contributed by atoms with Crippen molar-refractivity contribution >= 4 is 46.3 Å². The first kappa shape index (κ1) is 19.2. The Morgan fingerprint density at radius 1 is 1.00 bits per heavy atom. The van der Waals surface area contributed by atoms with Crippen molar-refractivity contribution in [3.8, 4) is 0 Å². The van der Waals surface area contributed by atoms with E-state index < -0.39 is 0 Å². The predicted molar refractivity (Wildman–Crippen MR) is 114 cm³/mol. The zero-order valence-electron chi connectivity index (χ0n) is 15.1. The third-order valence-corrected chi connectivity index (χ3v) is 5.74. The fraction of sp³-hybridized carbons (Fsp3) is 0.143. The number of carbonyl (C=O) groups excluding carboxylic acids is 2. The van der Waals surface area contributed by atoms with Gasteiger partial charge in [-0.2, -0.15) is 0 Å². The first-order valence-corrected chi connectivity index (χ1v) is 10.3. The monoisotopic (exact) mass is 396 g/mol. The Balaban J connectivity index is 1.57. The van der Waals surface area contributed by atoms with E-state index in [1.165, 1.54) is 23.1 Å². The summed E-state index contributed by atoms with van der Waals surface area (Å²) in [4.78, 5) is 26.0. The number of benzene rings is 2. The van der Waals surface area contributed by atoms with Crippen LogP contribution in [-0.2, 0) is 4.79 Å². The van der Waals surface area contributed by atoms with Gasteiger partial charge in [0.1, 0.15) is 0 Å². The van der Waals surface area contributed by atoms with Gasteiger partial charge in [0.2, 0.25) is 5.91 Å². The molecule has 2 N–H and O–H groups in total. The van der Waals surface area contributed by atoms with Gasteiger partial charge in [-0.3, -0.25) is 9.59 Å². The molecule has 4 nitrogen and oxygen atoms in total. The van der Waals surface area contributed by atoms with Crippen LogP contribution in [0.25, 0.3) is 0 Å². The zero-order chi connectivity index (χ0) is 19.2. The molecule has 0 aliphatic heterocycles. The molecule has 3 aromatic rings. The largest absolute Gasteiger partial charge is 0.325 e. The van der Waals surface area contributed by atoms with Gasteiger partial charge >= 0.3 is 0 Å². The second kappa shape index (κ2) is 8.88. The Morgan fingerprint density at radius 2 is 1.85 bits per heavy atom. The number of hydrogen-bond acceptors (Lipinski definition) is 4. The van der Waals surface area contributed by atoms with Crippen LogP contribution in [0.4, 0.5) is 11.4 Å². The lowest BCUT2D eigenvalue weighted by molar-refractivity contribution is -0.113. The summed E-state index contributed by atoms with van der Waals surface area (Å²) in [6.07, 6.45) is 0. The molecule has 0 saturated heterocycles. The minimum Gasteiger partial charge on any atom is -0.325 e. The number of amides is 2. The lowest BCUT2D eigenvalue weighted by Crippen LogP contribution is -2.15. The van der Waals surface area contributed by atoms with Crippen molar-refractivity contribution in [1.29, 1.82) is 0 Å². The number of anilines is 2. The van der Waals surface area contributed by atoms with Crippen LogP contribution >= 0.6 is 23.1 Å². The molecule has 6 heteroatoms. The molecule has 0 unspecified atom stereocenters. The molecule has 0 fully saturated rings. The summed E-state index contributed by atoms with van der Waals surface area (Å²) in [5, 5.41) is 7.71. The van der Waals surface area contributed by atoms with Gasteiger partial charge in [-0.05, 0) is 60.7 Å². The van der Waals surface area contributed by atoms with E-state index in [0.717, 1.165) is 21.7 Å². The van der Waals surface area contributed by atoms with Crippen LogP contribution in [0.2, 0.25) is 0 Å². The topological polar surface area (TPSA) is 58.2 Å². The molecule has 0 bridgehead atoms. The molecular formula is C21H20N2O2S2. The highest BCUT2D eigenvalue weighted by Gasteiger charge is 2.09. The van der Waals surface area contributed by atoms with Crippen LogP contribution in [0, 0.1) is 13.8 Å². The molecular weight excluding hydrogens is 376 g/mol. The summed E-state index contributed by atoms with van der Waals surface area (Å²) in [5.74, 6) is 0.122. The van der Waals surface area contributed by atoms with Crippen molar-refractivity contribution in [2.45, 2.75) is 18.7 Å². The molecule has 0 atom stereocenters. The number of thiophene rings is 1. The van der Waals surface area contributed by atoms with Crippen molar-refractivity contribution < 1.29 is 9.59 Å². The fourth-order valence-corrected chi connectivity index (χ4v) is 3.84. The predicted octanol–water partition coefficient (Wildman–Crippen LogP) is 5.35. The highest BCUT2D eigenvalue weighted by atomic mass is 32.2. The SMILES string of the molecule is Cc1ccc(C)c(NC(=O)CSc2cccc(NC(=O)c3cccs3)c2)c1. The molecule has 2 aromatic carbocycles. The lowest BCUT2D eigenvalue weighted by atomic mass is 10.1. The Bertz CT molecular complexity index is 953. The van der Waals surface area contributed by atoms with E-state index in [1.807, 2.05) is 67.8 Å². The molecule has 0 radical (unpaired) electrons. The van der Waals surface area contributed by atoms with Crippen LogP contribution in [0.15, 0.2) is 64.9 Å². The third kappa shape index (κ3) is 5.45. The Morgan fingerprint density at radius 3 is 2.63 bits per heavy atom. The van der Waals surface area contributed by atoms with Gasteiger partial charge in [-0.25, -0.2) is 0 Å². The Kier molecular flexibility index (Phi) is 6.32. The zero-order valence-corrected chi connectivity index (χ0v) is 16.7. The van der Waals surface area contributed by atoms with Gasteiger partial charge in [0.25, 0.3) is 5.91 Å². The number of thioether (sulfide) groups is 1. The van der Waals surface area contributed by atoms with Crippen LogP contribution in [0.1, 0.15) is 20.8 Å². The fourth-order valence-electron chi connectivity index (χ4n) is 2.47. The van der Waals surface area contributed by atoms with Crippen LogP contribution in [0.3, 0.4) is 0 Å². The van der Waals surface area contributed by atoms with Crippen molar-refractivity contribution in [2.75, 3.05) is 16.4 Å². The number of carbonyl (C=O) groups is 2. The van der Waals surface area contributed by atoms with Crippen molar-refractivity contribution in [1.82, 2.24) is 0 Å². The number of aryl methyl sites for hydroxylation is 2. The lowest BCUT2D eigenvalue weighted by Gasteiger charge is -2.10. The van der Waals surface area contributed by atoms with Crippen LogP contribution in [-0.4, -0.2) is 17.6 Å². The molecule has 138 valence electrons. The van der Waals surface area contributed by atoms with E-state index in [0.29, 0.717) is 16.3 Å². The summed E-state index contributed by atoms with van der Waals surface area (Å²) >= 11 is 2.84. The van der Waals surface area contributed by atoms with Gasteiger partial charge < -0.3 is 10.6 Å². The number of nitrogens with one attached hydrogen (secondary N) is 2. The molecule has 27 heavy (non-hydrogen) atoms. The molecule has 3 rings (SSSR count). The minimum atomic E-state index is -0.125. The van der Waals surface area contributed by atoms with Gasteiger partial charge in [0, 0.05) is 16.3 Å². The maximum atomic E-state index is 12.3. The van der Waals surface area contributed by atoms with Crippen molar-refractivity contribution in [3.05, 3.63) is 76.0 Å². The Labute approximate surface area is 167 Å². The van der Waals surface area contributed by atoms with Crippen molar-refractivity contribution in [3.63, 3.8) is 0 Å². The number of hydrogen-bond donors (Lipinski definition) is 2. The summed E-state index contributed by atoms with van der Waals surface area (Å²) in [6, 6.07) is 17.1. The standard InChI is InChI=1S/C21H20N2O2S2/c1-14-8-9-15(2)18(11-14)23-20(24)13-27-17-6-3-5-16(12-17)22-21(25)19-7-4-10-26-19/h3-12H,13H2,1-2H3,(H,22,25)(H,23,24). The molecule has 2 amide bonds. The first-order chi connectivity index (χ1) is 13.0. The van der Waals surface area contributed by atoms with E-state index in [2.05, 4.69) is 10.6 Å². The Hall–Kier alpha value is -2.57. The molecule has 0 spiro atoms. The summed E-state index contributed by atoms with van der Waals surface area (Å²) < 4.78 is 0. The summed E-state index contributed by atoms with van der Waals surface area (Å²) in [6.45, 7) is 3.97. The molecule has 0 saturated carbocycles. The third-order valence-electron chi connectivity index (χ3n) is 3.87. The normalized spacial score (nSPS) is 10.4. The van der Waals surface area contributed by atoms with E-state index in [9.17, 15) is 9.59 Å². The van der Waals surface area contributed by atoms with Gasteiger partial charge in [-0.15, -0.1) is 23.1 Å². The maximum absolute atomic E-state index is 12.3. The molecule has 0 aliphatic carbocycles. The molecule has 1 heterocycles. The van der Waals surface area contributed by atoms with Gasteiger partial charge in [0.15, 0.2) is 0 Å². The number of rotatable bonds is 6. The van der Waals surface area contributed by atoms with E-state index in [1.54, 1.807) is 6.07 Å². The second-order valence-electron chi connectivity index (χ2n) is 6.11. The smallest absolute Gasteiger partial charge is 0.265 e. The highest BCUT2D eigenvalue weighted by molar-refractivity contribution is 8.00. The maximum Gasteiger partial charge on any atom is 0.265 e. The quantitative estimate of drug-likeness (QED) is 0.552. The highest BCUT2D eigenvalue weighted by Crippen LogP contribution is 2.23. The average molecular weight is 397 g/mol. The van der Waals surface area contributed by atoms with E-state index >= 15 is 0 Å². The van der Waals surface area contributed by atoms with Gasteiger partial charge in [0.05, 0.1) is 10.6 Å². The van der Waals surface area contributed by atoms with E-state index in [-0.39, 0.29) is 11.8 Å². The van der Waals surface area contributed by atoms with E-state index in [4.69, 9.17) is 0 Å². The van der Waals surface area contributed by atoms with Crippen LogP contribution < -0.4 is 10.6 Å². The first-order valence-electron chi connectivity index (χ1n) is 8.46. The summed E-state index contributed by atoms with van der Waals surface area (Å²) in [5.41, 5.74) is 3.71. The average Bonchev–Trinajstić information content (AvgIpc) is 3.18. The second-order valence-corrected chi connectivity index (χ2v) is 8.11. The molecule has 1 aromatic heterocycles. The summed E-state index contributed by atoms with van der Waals surface area (Å²) in [7, 11) is 0. The molecule has 0 aliphatic rings. The minimum absolute atomic E-state index is 0.0540. The van der Waals surface area contributed by atoms with Crippen molar-refractivity contribution in [2.24, 2.45) is 0 Å². The van der Waals surface area contributed by atoms with Crippen LogP contribution in [0.5, 0.6) is 0 Å². The van der Waals surface area contributed by atoms with Gasteiger partial charge in [-0.1, -0.05) is 24.3 Å².